The minimum Gasteiger partial charge on any atom is -0.383 e. The van der Waals surface area contributed by atoms with E-state index in [1.165, 1.54) is 18.4 Å². The highest BCUT2D eigenvalue weighted by Gasteiger charge is 2.35. The van der Waals surface area contributed by atoms with Crippen molar-refractivity contribution < 1.29 is 4.74 Å². The molecule has 112 valence electrons. The fraction of sp³-hybridized carbons (Fsp3) is 0.647. The van der Waals surface area contributed by atoms with Gasteiger partial charge in [-0.25, -0.2) is 0 Å². The van der Waals surface area contributed by atoms with Gasteiger partial charge in [0.1, 0.15) is 0 Å². The van der Waals surface area contributed by atoms with Crippen LogP contribution >= 0.6 is 0 Å². The van der Waals surface area contributed by atoms with Crippen molar-refractivity contribution in [3.63, 3.8) is 0 Å². The van der Waals surface area contributed by atoms with E-state index in [0.29, 0.717) is 12.1 Å². The molecular weight excluding hydrogens is 248 g/mol. The zero-order chi connectivity index (χ0) is 14.4. The summed E-state index contributed by atoms with van der Waals surface area (Å²) in [6.45, 7) is 4.85. The Kier molecular flexibility index (Phi) is 6.02. The van der Waals surface area contributed by atoms with Gasteiger partial charge in [-0.2, -0.15) is 0 Å². The second kappa shape index (κ2) is 7.77. The van der Waals surface area contributed by atoms with Gasteiger partial charge in [-0.1, -0.05) is 30.3 Å². The van der Waals surface area contributed by atoms with Gasteiger partial charge >= 0.3 is 0 Å². The number of ether oxygens (including phenoxy) is 1. The number of nitrogens with two attached hydrogens (primary N) is 1. The van der Waals surface area contributed by atoms with E-state index in [2.05, 4.69) is 42.2 Å². The average Bonchev–Trinajstić information content (AvgIpc) is 3.31. The highest BCUT2D eigenvalue weighted by atomic mass is 16.5. The molecule has 0 spiro atoms. The first-order valence-corrected chi connectivity index (χ1v) is 7.77. The summed E-state index contributed by atoms with van der Waals surface area (Å²) in [6.07, 6.45) is 3.74. The van der Waals surface area contributed by atoms with Gasteiger partial charge in [-0.05, 0) is 44.2 Å². The third kappa shape index (κ3) is 4.05. The molecule has 0 heterocycles. The fourth-order valence-electron chi connectivity index (χ4n) is 3.05. The zero-order valence-corrected chi connectivity index (χ0v) is 12.8. The molecule has 1 aliphatic rings. The van der Waals surface area contributed by atoms with Gasteiger partial charge in [-0.3, -0.25) is 4.90 Å². The first-order valence-electron chi connectivity index (χ1n) is 7.77. The molecule has 0 radical (unpaired) electrons. The summed E-state index contributed by atoms with van der Waals surface area (Å²) >= 11 is 0. The van der Waals surface area contributed by atoms with Crippen LogP contribution in [0, 0.1) is 5.92 Å². The Morgan fingerprint density at radius 3 is 2.55 bits per heavy atom. The molecule has 2 rings (SSSR count). The third-order valence-electron chi connectivity index (χ3n) is 4.41. The molecule has 2 atom stereocenters. The lowest BCUT2D eigenvalue weighted by molar-refractivity contribution is 0.0778. The van der Waals surface area contributed by atoms with Crippen molar-refractivity contribution >= 4 is 0 Å². The number of methoxy groups -OCH3 is 1. The molecule has 0 aliphatic heterocycles. The largest absolute Gasteiger partial charge is 0.383 e. The van der Waals surface area contributed by atoms with Crippen LogP contribution < -0.4 is 5.73 Å². The quantitative estimate of drug-likeness (QED) is 0.754. The molecule has 3 heteroatoms. The van der Waals surface area contributed by atoms with Crippen LogP contribution in [0.4, 0.5) is 0 Å². The maximum absolute atomic E-state index is 5.87. The van der Waals surface area contributed by atoms with E-state index in [0.717, 1.165) is 32.0 Å². The minimum absolute atomic E-state index is 0.409. The topological polar surface area (TPSA) is 38.5 Å². The molecule has 0 saturated heterocycles. The Hall–Kier alpha value is -0.900. The first-order chi connectivity index (χ1) is 9.77. The maximum Gasteiger partial charge on any atom is 0.0590 e. The summed E-state index contributed by atoms with van der Waals surface area (Å²) in [6, 6.07) is 11.8. The van der Waals surface area contributed by atoms with Crippen LogP contribution in [0.5, 0.6) is 0 Å². The van der Waals surface area contributed by atoms with Gasteiger partial charge in [0, 0.05) is 25.7 Å². The molecule has 2 N–H and O–H groups in total. The number of hydrogen-bond acceptors (Lipinski definition) is 3. The molecular formula is C17H28N2O. The second-order valence-corrected chi connectivity index (χ2v) is 5.81. The predicted molar refractivity (Wildman–Crippen MR) is 83.6 cm³/mol. The molecule has 1 aromatic rings. The van der Waals surface area contributed by atoms with E-state index in [1.54, 1.807) is 7.11 Å². The van der Waals surface area contributed by atoms with Gasteiger partial charge < -0.3 is 10.5 Å². The number of rotatable bonds is 9. The van der Waals surface area contributed by atoms with Crippen molar-refractivity contribution in [3.8, 4) is 0 Å². The van der Waals surface area contributed by atoms with Crippen LogP contribution in [-0.4, -0.2) is 37.7 Å². The van der Waals surface area contributed by atoms with Gasteiger partial charge in [0.25, 0.3) is 0 Å². The predicted octanol–water partition coefficient (Wildman–Crippen LogP) is 2.82. The van der Waals surface area contributed by atoms with Crippen LogP contribution in [0.3, 0.4) is 0 Å². The average molecular weight is 276 g/mol. The van der Waals surface area contributed by atoms with Gasteiger partial charge in [0.2, 0.25) is 0 Å². The summed E-state index contributed by atoms with van der Waals surface area (Å²) < 4.78 is 5.31. The SMILES string of the molecule is COCCN(C(CCN)c1ccccc1)C(C)C1CC1. The van der Waals surface area contributed by atoms with Gasteiger partial charge in [0.15, 0.2) is 0 Å². The van der Waals surface area contributed by atoms with E-state index >= 15 is 0 Å². The van der Waals surface area contributed by atoms with E-state index in [9.17, 15) is 0 Å². The summed E-state index contributed by atoms with van der Waals surface area (Å²) in [4.78, 5) is 2.60. The normalized spacial score (nSPS) is 18.2. The molecule has 2 unspecified atom stereocenters. The van der Waals surface area contributed by atoms with Gasteiger partial charge in [0.05, 0.1) is 6.61 Å². The molecule has 1 aliphatic carbocycles. The van der Waals surface area contributed by atoms with Crippen molar-refractivity contribution in [2.45, 2.75) is 38.3 Å². The third-order valence-corrected chi connectivity index (χ3v) is 4.41. The summed E-state index contributed by atoms with van der Waals surface area (Å²) in [5, 5.41) is 0. The van der Waals surface area contributed by atoms with E-state index in [1.807, 2.05) is 0 Å². The zero-order valence-electron chi connectivity index (χ0n) is 12.8. The van der Waals surface area contributed by atoms with Crippen molar-refractivity contribution in [1.82, 2.24) is 4.90 Å². The smallest absolute Gasteiger partial charge is 0.0590 e. The Labute approximate surface area is 123 Å². The highest BCUT2D eigenvalue weighted by Crippen LogP contribution is 2.38. The van der Waals surface area contributed by atoms with Gasteiger partial charge in [-0.15, -0.1) is 0 Å². The molecule has 1 aromatic carbocycles. The van der Waals surface area contributed by atoms with Crippen molar-refractivity contribution in [2.75, 3.05) is 26.8 Å². The summed E-state index contributed by atoms with van der Waals surface area (Å²) in [7, 11) is 1.78. The van der Waals surface area contributed by atoms with E-state index in [-0.39, 0.29) is 0 Å². The number of hydrogen-bond donors (Lipinski definition) is 1. The molecule has 1 fully saturated rings. The number of nitrogens with zero attached hydrogens (tertiary/aromatic N) is 1. The van der Waals surface area contributed by atoms with E-state index in [4.69, 9.17) is 10.5 Å². The van der Waals surface area contributed by atoms with E-state index < -0.39 is 0 Å². The Morgan fingerprint density at radius 1 is 1.30 bits per heavy atom. The lowest BCUT2D eigenvalue weighted by atomic mass is 9.99. The maximum atomic E-state index is 5.87. The van der Waals surface area contributed by atoms with Crippen LogP contribution in [0.15, 0.2) is 30.3 Å². The molecule has 0 bridgehead atoms. The van der Waals surface area contributed by atoms with Crippen molar-refractivity contribution in [1.29, 1.82) is 0 Å². The lowest BCUT2D eigenvalue weighted by Crippen LogP contribution is -2.41. The minimum atomic E-state index is 0.409. The van der Waals surface area contributed by atoms with Crippen LogP contribution in [0.1, 0.15) is 37.8 Å². The number of benzene rings is 1. The molecule has 0 amide bonds. The Balaban J connectivity index is 2.16. The van der Waals surface area contributed by atoms with Crippen molar-refractivity contribution in [3.05, 3.63) is 35.9 Å². The standard InChI is InChI=1S/C17H28N2O/c1-14(15-8-9-15)19(12-13-20-2)17(10-11-18)16-6-4-3-5-7-16/h3-7,14-15,17H,8-13,18H2,1-2H3. The second-order valence-electron chi connectivity index (χ2n) is 5.81. The summed E-state index contributed by atoms with van der Waals surface area (Å²) in [5.74, 6) is 0.857. The van der Waals surface area contributed by atoms with Crippen molar-refractivity contribution in [2.24, 2.45) is 11.7 Å². The molecule has 0 aromatic heterocycles. The highest BCUT2D eigenvalue weighted by molar-refractivity contribution is 5.19. The molecule has 1 saturated carbocycles. The molecule has 20 heavy (non-hydrogen) atoms. The molecule has 3 nitrogen and oxygen atoms in total. The Bertz CT molecular complexity index is 378. The van der Waals surface area contributed by atoms with Crippen LogP contribution in [-0.2, 0) is 4.74 Å². The summed E-state index contributed by atoms with van der Waals surface area (Å²) in [5.41, 5.74) is 7.24. The first kappa shape index (κ1) is 15.5. The van der Waals surface area contributed by atoms with Crippen LogP contribution in [0.25, 0.3) is 0 Å². The van der Waals surface area contributed by atoms with Crippen LogP contribution in [0.2, 0.25) is 0 Å². The lowest BCUT2D eigenvalue weighted by Gasteiger charge is -2.37. The Morgan fingerprint density at radius 2 is 2.00 bits per heavy atom. The monoisotopic (exact) mass is 276 g/mol. The fourth-order valence-corrected chi connectivity index (χ4v) is 3.05.